The van der Waals surface area contributed by atoms with Crippen molar-refractivity contribution in [3.8, 4) is 23.5 Å². The summed E-state index contributed by atoms with van der Waals surface area (Å²) in [5.41, 5.74) is 4.63. The number of carbonyl (C=O) groups excluding carboxylic acids is 2. The predicted octanol–water partition coefficient (Wildman–Crippen LogP) is 3.53. The summed E-state index contributed by atoms with van der Waals surface area (Å²) in [6.07, 6.45) is 5.59. The lowest BCUT2D eigenvalue weighted by atomic mass is 9.98. The Balaban J connectivity index is 1.41. The van der Waals surface area contributed by atoms with E-state index in [0.717, 1.165) is 11.1 Å². The summed E-state index contributed by atoms with van der Waals surface area (Å²) in [5, 5.41) is 14.2. The van der Waals surface area contributed by atoms with Crippen molar-refractivity contribution in [1.82, 2.24) is 10.6 Å². The number of terminal acetylenes is 1. The summed E-state index contributed by atoms with van der Waals surface area (Å²) < 4.78 is 5.49. The molecule has 3 N–H and O–H groups in total. The fraction of sp³-hybridized carbons (Fsp3) is 0.346. The number of carboxylic acids is 1. The van der Waals surface area contributed by atoms with Crippen LogP contribution in [0.25, 0.3) is 11.1 Å². The van der Waals surface area contributed by atoms with Crippen molar-refractivity contribution < 1.29 is 24.2 Å². The van der Waals surface area contributed by atoms with E-state index >= 15 is 0 Å². The SMILES string of the molecule is C#CCC(NC(=O)C(C)CCCNC(=O)OCC1c2ccccc2-c2ccccc21)C(=O)O. The van der Waals surface area contributed by atoms with Crippen LogP contribution in [0.5, 0.6) is 0 Å². The number of carboxylic acid groups (broad SMARTS) is 1. The smallest absolute Gasteiger partial charge is 0.407 e. The Morgan fingerprint density at radius 1 is 1.09 bits per heavy atom. The molecule has 0 saturated heterocycles. The molecule has 7 heteroatoms. The average molecular weight is 449 g/mol. The highest BCUT2D eigenvalue weighted by Crippen LogP contribution is 2.44. The van der Waals surface area contributed by atoms with Gasteiger partial charge in [0.1, 0.15) is 12.6 Å². The van der Waals surface area contributed by atoms with Crippen LogP contribution in [0.1, 0.15) is 43.2 Å². The van der Waals surface area contributed by atoms with Gasteiger partial charge in [0.25, 0.3) is 0 Å². The zero-order valence-corrected chi connectivity index (χ0v) is 18.5. The first kappa shape index (κ1) is 23.9. The second-order valence-electron chi connectivity index (χ2n) is 8.10. The molecule has 0 heterocycles. The van der Waals surface area contributed by atoms with E-state index < -0.39 is 24.0 Å². The van der Waals surface area contributed by atoms with E-state index in [4.69, 9.17) is 16.3 Å². The summed E-state index contributed by atoms with van der Waals surface area (Å²) >= 11 is 0. The quantitative estimate of drug-likeness (QED) is 0.381. The lowest BCUT2D eigenvalue weighted by Crippen LogP contribution is -2.43. The van der Waals surface area contributed by atoms with Crippen LogP contribution in [0.15, 0.2) is 48.5 Å². The first-order valence-corrected chi connectivity index (χ1v) is 11.0. The lowest BCUT2D eigenvalue weighted by Gasteiger charge is -2.17. The minimum atomic E-state index is -1.16. The van der Waals surface area contributed by atoms with Crippen molar-refractivity contribution in [2.24, 2.45) is 5.92 Å². The number of nitrogens with one attached hydrogen (secondary N) is 2. The number of amides is 2. The minimum absolute atomic E-state index is 0.00272. The number of alkyl carbamates (subject to hydrolysis) is 1. The Bertz CT molecular complexity index is 1010. The Kier molecular flexibility index (Phi) is 8.09. The Labute approximate surface area is 193 Å². The minimum Gasteiger partial charge on any atom is -0.480 e. The third-order valence-corrected chi connectivity index (χ3v) is 5.81. The highest BCUT2D eigenvalue weighted by molar-refractivity contribution is 5.85. The van der Waals surface area contributed by atoms with Gasteiger partial charge < -0.3 is 20.5 Å². The predicted molar refractivity (Wildman–Crippen MR) is 124 cm³/mol. The lowest BCUT2D eigenvalue weighted by molar-refractivity contribution is -0.142. The summed E-state index contributed by atoms with van der Waals surface area (Å²) in [6, 6.07) is 15.2. The normalized spacial score (nSPS) is 13.7. The highest BCUT2D eigenvalue weighted by Gasteiger charge is 2.29. The molecule has 0 saturated carbocycles. The van der Waals surface area contributed by atoms with Gasteiger partial charge in [-0.05, 0) is 35.1 Å². The second kappa shape index (κ2) is 11.2. The molecule has 0 fully saturated rings. The van der Waals surface area contributed by atoms with E-state index in [9.17, 15) is 14.4 Å². The molecule has 0 aliphatic heterocycles. The third-order valence-electron chi connectivity index (χ3n) is 5.81. The first-order chi connectivity index (χ1) is 15.9. The Hall–Kier alpha value is -3.79. The van der Waals surface area contributed by atoms with Crippen molar-refractivity contribution in [2.75, 3.05) is 13.2 Å². The fourth-order valence-electron chi connectivity index (χ4n) is 4.01. The van der Waals surface area contributed by atoms with Gasteiger partial charge in [0, 0.05) is 24.8 Å². The molecule has 2 amide bonds. The van der Waals surface area contributed by atoms with Crippen molar-refractivity contribution >= 4 is 18.0 Å². The van der Waals surface area contributed by atoms with E-state index in [1.807, 2.05) is 24.3 Å². The van der Waals surface area contributed by atoms with E-state index in [1.165, 1.54) is 11.1 Å². The van der Waals surface area contributed by atoms with Gasteiger partial charge in [0.05, 0.1) is 0 Å². The van der Waals surface area contributed by atoms with Crippen LogP contribution < -0.4 is 10.6 Å². The molecule has 3 rings (SSSR count). The van der Waals surface area contributed by atoms with E-state index in [1.54, 1.807) is 6.92 Å². The van der Waals surface area contributed by atoms with Crippen LogP contribution in [0.4, 0.5) is 4.79 Å². The molecule has 0 radical (unpaired) electrons. The van der Waals surface area contributed by atoms with Gasteiger partial charge in [0.2, 0.25) is 5.91 Å². The highest BCUT2D eigenvalue weighted by atomic mass is 16.5. The van der Waals surface area contributed by atoms with Gasteiger partial charge in [-0.25, -0.2) is 9.59 Å². The number of hydrogen-bond acceptors (Lipinski definition) is 4. The Morgan fingerprint density at radius 2 is 1.70 bits per heavy atom. The molecule has 2 aromatic carbocycles. The maximum Gasteiger partial charge on any atom is 0.407 e. The molecule has 33 heavy (non-hydrogen) atoms. The summed E-state index contributed by atoms with van der Waals surface area (Å²) in [4.78, 5) is 35.5. The molecule has 1 aliphatic rings. The molecule has 0 aromatic heterocycles. The van der Waals surface area contributed by atoms with Gasteiger partial charge in [-0.3, -0.25) is 4.79 Å². The van der Waals surface area contributed by atoms with Crippen molar-refractivity contribution in [1.29, 1.82) is 0 Å². The van der Waals surface area contributed by atoms with E-state index in [-0.39, 0.29) is 24.9 Å². The molecule has 1 aliphatic carbocycles. The number of ether oxygens (including phenoxy) is 1. The van der Waals surface area contributed by atoms with Gasteiger partial charge in [-0.1, -0.05) is 55.5 Å². The number of benzene rings is 2. The number of carbonyl (C=O) groups is 3. The van der Waals surface area contributed by atoms with E-state index in [0.29, 0.717) is 19.4 Å². The van der Waals surface area contributed by atoms with E-state index in [2.05, 4.69) is 40.8 Å². The van der Waals surface area contributed by atoms with Crippen molar-refractivity contribution in [2.45, 2.75) is 38.1 Å². The zero-order valence-electron chi connectivity index (χ0n) is 18.5. The van der Waals surface area contributed by atoms with Crippen molar-refractivity contribution in [3.63, 3.8) is 0 Å². The van der Waals surface area contributed by atoms with Crippen LogP contribution in [0, 0.1) is 18.3 Å². The summed E-state index contributed by atoms with van der Waals surface area (Å²) in [6.45, 7) is 2.29. The second-order valence-corrected chi connectivity index (χ2v) is 8.10. The monoisotopic (exact) mass is 448 g/mol. The fourth-order valence-corrected chi connectivity index (χ4v) is 4.01. The molecule has 2 atom stereocenters. The summed E-state index contributed by atoms with van der Waals surface area (Å²) in [7, 11) is 0. The molecular weight excluding hydrogens is 420 g/mol. The summed E-state index contributed by atoms with van der Waals surface area (Å²) in [5.74, 6) is 0.296. The standard InChI is InChI=1S/C26H28N2O5/c1-3-9-23(25(30)31)28-24(29)17(2)10-8-15-27-26(32)33-16-22-20-13-6-4-11-18(20)19-12-5-7-14-21(19)22/h1,4-7,11-14,17,22-23H,8-10,15-16H2,2H3,(H,27,32)(H,28,29)(H,30,31). The van der Waals surface area contributed by atoms with Crippen LogP contribution >= 0.6 is 0 Å². The molecule has 2 aromatic rings. The molecule has 2 unspecified atom stereocenters. The zero-order chi connectivity index (χ0) is 23.8. The molecule has 0 bridgehead atoms. The number of hydrogen-bond donors (Lipinski definition) is 3. The van der Waals surface area contributed by atoms with Crippen LogP contribution in [-0.2, 0) is 14.3 Å². The number of aliphatic carboxylic acids is 1. The van der Waals surface area contributed by atoms with Crippen LogP contribution in [0.2, 0.25) is 0 Å². The van der Waals surface area contributed by atoms with Crippen LogP contribution in [0.3, 0.4) is 0 Å². The average Bonchev–Trinajstić information content (AvgIpc) is 3.13. The molecule has 0 spiro atoms. The maximum atomic E-state index is 12.2. The molecule has 172 valence electrons. The van der Waals surface area contributed by atoms with Crippen molar-refractivity contribution in [3.05, 3.63) is 59.7 Å². The number of rotatable bonds is 10. The third kappa shape index (κ3) is 5.92. The Morgan fingerprint density at radius 3 is 2.27 bits per heavy atom. The van der Waals surface area contributed by atoms with Gasteiger partial charge in [-0.15, -0.1) is 12.3 Å². The topological polar surface area (TPSA) is 105 Å². The molecular formula is C26H28N2O5. The maximum absolute atomic E-state index is 12.2. The van der Waals surface area contributed by atoms with Crippen LogP contribution in [-0.4, -0.2) is 42.3 Å². The van der Waals surface area contributed by atoms with Gasteiger partial charge >= 0.3 is 12.1 Å². The van der Waals surface area contributed by atoms with Gasteiger partial charge in [-0.2, -0.15) is 0 Å². The number of fused-ring (bicyclic) bond motifs is 3. The molecule has 7 nitrogen and oxygen atoms in total. The largest absolute Gasteiger partial charge is 0.480 e. The van der Waals surface area contributed by atoms with Gasteiger partial charge in [0.15, 0.2) is 0 Å². The first-order valence-electron chi connectivity index (χ1n) is 11.0.